The molecule has 0 spiro atoms. The van der Waals surface area contributed by atoms with Crippen LogP contribution >= 0.6 is 11.3 Å². The standard InChI is InChI=1S/C18H18N2O3S/c21-15-9-11(16-4-3-7-24-16)8-14-12(15)10-13(17(22)19-14)18(23)20-5-1-2-6-20/h3-4,7,10-11H,1-2,5-6,8-9H2,(H,19,22)/t11-/m0/s1. The van der Waals surface area contributed by atoms with Gasteiger partial charge in [0.2, 0.25) is 0 Å². The van der Waals surface area contributed by atoms with Crippen LogP contribution in [-0.4, -0.2) is 34.7 Å². The Morgan fingerprint density at radius 3 is 2.71 bits per heavy atom. The number of nitrogens with one attached hydrogen (secondary N) is 1. The summed E-state index contributed by atoms with van der Waals surface area (Å²) in [5, 5.41) is 2.00. The molecule has 1 aliphatic heterocycles. The van der Waals surface area contributed by atoms with Gasteiger partial charge in [0.1, 0.15) is 5.56 Å². The van der Waals surface area contributed by atoms with E-state index in [0.29, 0.717) is 37.2 Å². The molecule has 2 aliphatic rings. The van der Waals surface area contributed by atoms with Crippen LogP contribution < -0.4 is 5.56 Å². The van der Waals surface area contributed by atoms with Crippen molar-refractivity contribution in [2.45, 2.75) is 31.6 Å². The Morgan fingerprint density at radius 1 is 1.21 bits per heavy atom. The van der Waals surface area contributed by atoms with E-state index < -0.39 is 0 Å². The van der Waals surface area contributed by atoms with Gasteiger partial charge in [0.15, 0.2) is 5.78 Å². The summed E-state index contributed by atoms with van der Waals surface area (Å²) >= 11 is 1.63. The summed E-state index contributed by atoms with van der Waals surface area (Å²) in [5.41, 5.74) is 0.876. The SMILES string of the molecule is O=C1C[C@@H](c2cccs2)Cc2[nH]c(=O)c(C(=O)N3CCCC3)cc21. The Bertz CT molecular complexity index is 848. The van der Waals surface area contributed by atoms with Crippen LogP contribution in [0, 0.1) is 0 Å². The Morgan fingerprint density at radius 2 is 2.00 bits per heavy atom. The fraction of sp³-hybridized carbons (Fsp3) is 0.389. The number of carbonyl (C=O) groups excluding carboxylic acids is 2. The predicted octanol–water partition coefficient (Wildman–Crippen LogP) is 2.59. The van der Waals surface area contributed by atoms with Crippen molar-refractivity contribution < 1.29 is 9.59 Å². The van der Waals surface area contributed by atoms with Gasteiger partial charge in [-0.1, -0.05) is 6.07 Å². The van der Waals surface area contributed by atoms with Gasteiger partial charge in [-0.3, -0.25) is 14.4 Å². The first kappa shape index (κ1) is 15.3. The van der Waals surface area contributed by atoms with Crippen molar-refractivity contribution in [3.05, 3.63) is 55.6 Å². The molecule has 0 unspecified atom stereocenters. The molecule has 2 aromatic rings. The molecule has 1 fully saturated rings. The molecule has 124 valence electrons. The molecule has 0 bridgehead atoms. The number of fused-ring (bicyclic) bond motifs is 1. The zero-order valence-electron chi connectivity index (χ0n) is 13.2. The molecule has 1 aliphatic carbocycles. The van der Waals surface area contributed by atoms with Crippen LogP contribution in [0.15, 0.2) is 28.4 Å². The van der Waals surface area contributed by atoms with E-state index in [1.165, 1.54) is 6.07 Å². The number of hydrogen-bond acceptors (Lipinski definition) is 4. The highest BCUT2D eigenvalue weighted by molar-refractivity contribution is 7.10. The van der Waals surface area contributed by atoms with Crippen molar-refractivity contribution >= 4 is 23.0 Å². The van der Waals surface area contributed by atoms with Crippen LogP contribution in [0.5, 0.6) is 0 Å². The van der Waals surface area contributed by atoms with Crippen LogP contribution in [0.2, 0.25) is 0 Å². The van der Waals surface area contributed by atoms with Crippen molar-refractivity contribution in [2.75, 3.05) is 13.1 Å². The summed E-state index contributed by atoms with van der Waals surface area (Å²) < 4.78 is 0. The van der Waals surface area contributed by atoms with E-state index in [1.54, 1.807) is 16.2 Å². The number of nitrogens with zero attached hydrogens (tertiary/aromatic N) is 1. The number of amides is 1. The Labute approximate surface area is 143 Å². The summed E-state index contributed by atoms with van der Waals surface area (Å²) in [6.07, 6.45) is 3.00. The average Bonchev–Trinajstić information content (AvgIpc) is 3.27. The van der Waals surface area contributed by atoms with Gasteiger partial charge in [0, 0.05) is 41.6 Å². The molecule has 5 nitrogen and oxygen atoms in total. The van der Waals surface area contributed by atoms with Crippen LogP contribution in [0.3, 0.4) is 0 Å². The van der Waals surface area contributed by atoms with Crippen LogP contribution in [0.25, 0.3) is 0 Å². The molecule has 4 rings (SSSR count). The average molecular weight is 342 g/mol. The maximum Gasteiger partial charge on any atom is 0.261 e. The van der Waals surface area contributed by atoms with Crippen molar-refractivity contribution in [3.8, 4) is 0 Å². The second-order valence-corrected chi connectivity index (χ2v) is 7.43. The molecule has 1 amide bonds. The van der Waals surface area contributed by atoms with E-state index in [1.807, 2.05) is 17.5 Å². The highest BCUT2D eigenvalue weighted by Crippen LogP contribution is 2.33. The lowest BCUT2D eigenvalue weighted by Gasteiger charge is -2.23. The Hall–Kier alpha value is -2.21. The van der Waals surface area contributed by atoms with Crippen LogP contribution in [0.1, 0.15) is 56.5 Å². The minimum atomic E-state index is -0.384. The number of ketones is 1. The normalized spacial score (nSPS) is 20.2. The molecule has 24 heavy (non-hydrogen) atoms. The lowest BCUT2D eigenvalue weighted by Crippen LogP contribution is -2.34. The summed E-state index contributed by atoms with van der Waals surface area (Å²) in [4.78, 5) is 43.1. The number of hydrogen-bond donors (Lipinski definition) is 1. The number of H-pyrrole nitrogens is 1. The quantitative estimate of drug-likeness (QED) is 0.912. The van der Waals surface area contributed by atoms with E-state index in [0.717, 1.165) is 17.7 Å². The van der Waals surface area contributed by atoms with E-state index in [4.69, 9.17) is 0 Å². The molecule has 0 saturated carbocycles. The third-order valence-electron chi connectivity index (χ3n) is 4.87. The number of aromatic amines is 1. The Kier molecular flexibility index (Phi) is 3.84. The summed E-state index contributed by atoms with van der Waals surface area (Å²) in [5.74, 6) is -0.146. The largest absolute Gasteiger partial charge is 0.338 e. The van der Waals surface area contributed by atoms with Gasteiger partial charge in [-0.2, -0.15) is 0 Å². The monoisotopic (exact) mass is 342 g/mol. The number of likely N-dealkylation sites (tertiary alicyclic amines) is 1. The molecule has 1 atom stereocenters. The van der Waals surface area contributed by atoms with Crippen molar-refractivity contribution in [3.63, 3.8) is 0 Å². The highest BCUT2D eigenvalue weighted by Gasteiger charge is 2.30. The van der Waals surface area contributed by atoms with E-state index in [2.05, 4.69) is 4.98 Å². The highest BCUT2D eigenvalue weighted by atomic mass is 32.1. The molecule has 1 saturated heterocycles. The van der Waals surface area contributed by atoms with Crippen molar-refractivity contribution in [2.24, 2.45) is 0 Å². The van der Waals surface area contributed by atoms with E-state index in [-0.39, 0.29) is 28.7 Å². The number of aromatic nitrogens is 1. The minimum absolute atomic E-state index is 0.00127. The fourth-order valence-electron chi connectivity index (χ4n) is 3.60. The molecule has 6 heteroatoms. The number of thiophene rings is 1. The minimum Gasteiger partial charge on any atom is -0.338 e. The van der Waals surface area contributed by atoms with E-state index in [9.17, 15) is 14.4 Å². The Balaban J connectivity index is 1.68. The lowest BCUT2D eigenvalue weighted by molar-refractivity contribution is 0.0791. The van der Waals surface area contributed by atoms with Gasteiger partial charge in [0.05, 0.1) is 0 Å². The summed E-state index contributed by atoms with van der Waals surface area (Å²) in [6.45, 7) is 1.37. The van der Waals surface area contributed by atoms with Crippen LogP contribution in [0.4, 0.5) is 0 Å². The molecule has 0 aromatic carbocycles. The zero-order valence-corrected chi connectivity index (χ0v) is 14.0. The van der Waals surface area contributed by atoms with Gasteiger partial charge < -0.3 is 9.88 Å². The maximum absolute atomic E-state index is 12.6. The van der Waals surface area contributed by atoms with E-state index >= 15 is 0 Å². The first-order valence-electron chi connectivity index (χ1n) is 8.25. The molecular weight excluding hydrogens is 324 g/mol. The first-order valence-corrected chi connectivity index (χ1v) is 9.13. The van der Waals surface area contributed by atoms with Gasteiger partial charge in [0.25, 0.3) is 11.5 Å². The number of carbonyl (C=O) groups is 2. The topological polar surface area (TPSA) is 70.2 Å². The van der Waals surface area contributed by atoms with Crippen molar-refractivity contribution in [1.82, 2.24) is 9.88 Å². The predicted molar refractivity (Wildman–Crippen MR) is 91.9 cm³/mol. The zero-order chi connectivity index (χ0) is 16.7. The summed E-state index contributed by atoms with van der Waals surface area (Å²) in [6, 6.07) is 5.51. The van der Waals surface area contributed by atoms with Crippen molar-refractivity contribution in [1.29, 1.82) is 0 Å². The summed E-state index contributed by atoms with van der Waals surface area (Å²) in [7, 11) is 0. The molecular formula is C18H18N2O3S. The smallest absolute Gasteiger partial charge is 0.261 e. The molecule has 0 radical (unpaired) electrons. The first-order chi connectivity index (χ1) is 11.6. The molecule has 1 N–H and O–H groups in total. The number of Topliss-reactive ketones (excluding diaryl/α,β-unsaturated/α-hetero) is 1. The van der Waals surface area contributed by atoms with Gasteiger partial charge >= 0.3 is 0 Å². The third kappa shape index (κ3) is 2.60. The number of pyridine rings is 1. The third-order valence-corrected chi connectivity index (χ3v) is 5.91. The van der Waals surface area contributed by atoms with Gasteiger partial charge in [-0.15, -0.1) is 11.3 Å². The second kappa shape index (κ2) is 6.02. The van der Waals surface area contributed by atoms with Gasteiger partial charge in [-0.05, 0) is 36.8 Å². The second-order valence-electron chi connectivity index (χ2n) is 6.45. The molecule has 2 aromatic heterocycles. The maximum atomic E-state index is 12.6. The van der Waals surface area contributed by atoms with Gasteiger partial charge in [-0.25, -0.2) is 0 Å². The van der Waals surface area contributed by atoms with Crippen LogP contribution in [-0.2, 0) is 6.42 Å². The number of rotatable bonds is 2. The molecule has 3 heterocycles. The lowest BCUT2D eigenvalue weighted by atomic mass is 9.84. The fourth-order valence-corrected chi connectivity index (χ4v) is 4.44.